The van der Waals surface area contributed by atoms with Gasteiger partial charge in [-0.3, -0.25) is 4.79 Å². The van der Waals surface area contributed by atoms with Crippen molar-refractivity contribution in [2.75, 3.05) is 11.4 Å². The van der Waals surface area contributed by atoms with Crippen molar-refractivity contribution in [3.05, 3.63) is 95.6 Å². The normalized spacial score (nSPS) is 13.4. The van der Waals surface area contributed by atoms with Crippen LogP contribution in [-0.2, 0) is 22.0 Å². The molecule has 0 saturated heterocycles. The predicted molar refractivity (Wildman–Crippen MR) is 106 cm³/mol. The van der Waals surface area contributed by atoms with Crippen LogP contribution in [0.5, 0.6) is 0 Å². The summed E-state index contributed by atoms with van der Waals surface area (Å²) in [6.07, 6.45) is 0.837. The van der Waals surface area contributed by atoms with Crippen LogP contribution in [0.15, 0.2) is 83.8 Å². The van der Waals surface area contributed by atoms with E-state index >= 15 is 0 Å². The van der Waals surface area contributed by atoms with Crippen molar-refractivity contribution in [2.24, 2.45) is 0 Å². The number of para-hydroxylation sites is 1. The SMILES string of the molecule is O=C(c1cccc(CS(=O)(=O)c2ccccc2)c1)N1CCc2ccccc21. The lowest BCUT2D eigenvalue weighted by Crippen LogP contribution is -2.28. The van der Waals surface area contributed by atoms with Crippen molar-refractivity contribution in [1.82, 2.24) is 0 Å². The van der Waals surface area contributed by atoms with Crippen molar-refractivity contribution in [3.8, 4) is 0 Å². The second-order valence-electron chi connectivity index (χ2n) is 6.61. The highest BCUT2D eigenvalue weighted by molar-refractivity contribution is 7.90. The number of anilines is 1. The molecule has 0 saturated carbocycles. The van der Waals surface area contributed by atoms with Gasteiger partial charge in [-0.1, -0.05) is 48.5 Å². The first-order valence-electron chi connectivity index (χ1n) is 8.81. The van der Waals surface area contributed by atoms with Gasteiger partial charge in [0.2, 0.25) is 0 Å². The number of hydrogen-bond donors (Lipinski definition) is 0. The van der Waals surface area contributed by atoms with E-state index in [1.54, 1.807) is 59.5 Å². The van der Waals surface area contributed by atoms with E-state index in [0.717, 1.165) is 17.7 Å². The zero-order valence-corrected chi connectivity index (χ0v) is 15.5. The van der Waals surface area contributed by atoms with Gasteiger partial charge in [0.15, 0.2) is 9.84 Å². The number of carbonyl (C=O) groups is 1. The molecule has 1 amide bonds. The third-order valence-electron chi connectivity index (χ3n) is 4.77. The Balaban J connectivity index is 1.59. The van der Waals surface area contributed by atoms with E-state index in [2.05, 4.69) is 0 Å². The number of fused-ring (bicyclic) bond motifs is 1. The first kappa shape index (κ1) is 17.5. The summed E-state index contributed by atoms with van der Waals surface area (Å²) in [5.74, 6) is -0.228. The van der Waals surface area contributed by atoms with Crippen molar-refractivity contribution in [2.45, 2.75) is 17.1 Å². The Bertz CT molecular complexity index is 1090. The number of benzene rings is 3. The minimum absolute atomic E-state index is 0.0982. The van der Waals surface area contributed by atoms with Crippen LogP contribution in [0.1, 0.15) is 21.5 Å². The van der Waals surface area contributed by atoms with E-state index in [1.165, 1.54) is 0 Å². The summed E-state index contributed by atoms with van der Waals surface area (Å²) in [5, 5.41) is 0. The predicted octanol–water partition coefficient (Wildman–Crippen LogP) is 3.86. The van der Waals surface area contributed by atoms with E-state index in [-0.39, 0.29) is 16.6 Å². The van der Waals surface area contributed by atoms with Crippen LogP contribution in [0, 0.1) is 0 Å². The Hall–Kier alpha value is -2.92. The van der Waals surface area contributed by atoms with Gasteiger partial charge in [-0.25, -0.2) is 8.42 Å². The zero-order valence-electron chi connectivity index (χ0n) is 14.7. The molecule has 4 nitrogen and oxygen atoms in total. The number of sulfone groups is 1. The second kappa shape index (κ2) is 7.00. The molecule has 27 heavy (non-hydrogen) atoms. The minimum atomic E-state index is -3.45. The number of nitrogens with zero attached hydrogens (tertiary/aromatic N) is 1. The summed E-state index contributed by atoms with van der Waals surface area (Å²) >= 11 is 0. The molecule has 0 N–H and O–H groups in total. The Morgan fingerprint density at radius 3 is 2.44 bits per heavy atom. The minimum Gasteiger partial charge on any atom is -0.308 e. The van der Waals surface area contributed by atoms with Gasteiger partial charge >= 0.3 is 0 Å². The van der Waals surface area contributed by atoms with Crippen molar-refractivity contribution >= 4 is 21.4 Å². The summed E-state index contributed by atoms with van der Waals surface area (Å²) in [7, 11) is -3.45. The van der Waals surface area contributed by atoms with Crippen LogP contribution < -0.4 is 4.90 Å². The average Bonchev–Trinajstić information content (AvgIpc) is 3.12. The number of amides is 1. The van der Waals surface area contributed by atoms with Gasteiger partial charge in [0.1, 0.15) is 0 Å². The molecular weight excluding hydrogens is 358 g/mol. The van der Waals surface area contributed by atoms with E-state index < -0.39 is 9.84 Å². The van der Waals surface area contributed by atoms with Gasteiger partial charge < -0.3 is 4.90 Å². The molecule has 0 atom stereocenters. The summed E-state index contributed by atoms with van der Waals surface area (Å²) < 4.78 is 25.2. The highest BCUT2D eigenvalue weighted by Crippen LogP contribution is 2.29. The Morgan fingerprint density at radius 1 is 0.889 bits per heavy atom. The number of rotatable bonds is 4. The largest absolute Gasteiger partial charge is 0.308 e. The average molecular weight is 377 g/mol. The molecule has 0 unspecified atom stereocenters. The third-order valence-corrected chi connectivity index (χ3v) is 6.47. The molecule has 3 aromatic carbocycles. The van der Waals surface area contributed by atoms with E-state index in [9.17, 15) is 13.2 Å². The fourth-order valence-corrected chi connectivity index (χ4v) is 4.79. The van der Waals surface area contributed by atoms with Gasteiger partial charge in [0.25, 0.3) is 5.91 Å². The fourth-order valence-electron chi connectivity index (χ4n) is 3.43. The molecule has 136 valence electrons. The molecule has 1 heterocycles. The lowest BCUT2D eigenvalue weighted by Gasteiger charge is -2.17. The Labute approximate surface area is 159 Å². The van der Waals surface area contributed by atoms with Crippen molar-refractivity contribution < 1.29 is 13.2 Å². The van der Waals surface area contributed by atoms with Gasteiger partial charge in [-0.2, -0.15) is 0 Å². The standard InChI is InChI=1S/C22H19NO3S/c24-22(23-14-13-18-8-4-5-12-21(18)23)19-9-6-7-17(15-19)16-27(25,26)20-10-2-1-3-11-20/h1-12,15H,13-14,16H2. The molecule has 1 aliphatic rings. The van der Waals surface area contributed by atoms with Gasteiger partial charge in [-0.15, -0.1) is 0 Å². The summed E-state index contributed by atoms with van der Waals surface area (Å²) in [6.45, 7) is 0.644. The molecule has 5 heteroatoms. The maximum Gasteiger partial charge on any atom is 0.258 e. The molecule has 0 spiro atoms. The molecule has 1 aliphatic heterocycles. The summed E-state index contributed by atoms with van der Waals surface area (Å²) in [5.41, 5.74) is 3.21. The van der Waals surface area contributed by atoms with E-state index in [1.807, 2.05) is 24.3 Å². The molecule has 4 rings (SSSR count). The van der Waals surface area contributed by atoms with Gasteiger partial charge in [-0.05, 0) is 47.9 Å². The highest BCUT2D eigenvalue weighted by Gasteiger charge is 2.25. The van der Waals surface area contributed by atoms with Gasteiger partial charge in [0, 0.05) is 17.8 Å². The highest BCUT2D eigenvalue weighted by atomic mass is 32.2. The molecule has 0 aliphatic carbocycles. The Morgan fingerprint density at radius 2 is 1.63 bits per heavy atom. The van der Waals surface area contributed by atoms with E-state index in [4.69, 9.17) is 0 Å². The quantitative estimate of drug-likeness (QED) is 0.694. The second-order valence-corrected chi connectivity index (χ2v) is 8.60. The maximum absolute atomic E-state index is 13.0. The number of hydrogen-bond acceptors (Lipinski definition) is 3. The third kappa shape index (κ3) is 3.51. The molecular formula is C22H19NO3S. The first-order valence-corrected chi connectivity index (χ1v) is 10.5. The van der Waals surface area contributed by atoms with Crippen LogP contribution in [0.4, 0.5) is 5.69 Å². The van der Waals surface area contributed by atoms with Gasteiger partial charge in [0.05, 0.1) is 10.6 Å². The monoisotopic (exact) mass is 377 g/mol. The van der Waals surface area contributed by atoms with Crippen LogP contribution in [0.3, 0.4) is 0 Å². The van der Waals surface area contributed by atoms with Crippen molar-refractivity contribution in [3.63, 3.8) is 0 Å². The lowest BCUT2D eigenvalue weighted by molar-refractivity contribution is 0.0989. The molecule has 3 aromatic rings. The topological polar surface area (TPSA) is 54.5 Å². The smallest absolute Gasteiger partial charge is 0.258 e. The molecule has 0 aromatic heterocycles. The Kier molecular flexibility index (Phi) is 4.54. The van der Waals surface area contributed by atoms with E-state index in [0.29, 0.717) is 17.7 Å². The lowest BCUT2D eigenvalue weighted by atomic mass is 10.1. The van der Waals surface area contributed by atoms with Crippen LogP contribution in [-0.4, -0.2) is 20.9 Å². The number of carbonyl (C=O) groups excluding carboxylic acids is 1. The first-order chi connectivity index (χ1) is 13.0. The fraction of sp³-hybridized carbons (Fsp3) is 0.136. The zero-order chi connectivity index (χ0) is 18.9. The van der Waals surface area contributed by atoms with Crippen LogP contribution >= 0.6 is 0 Å². The molecule has 0 radical (unpaired) electrons. The van der Waals surface area contributed by atoms with Crippen LogP contribution in [0.2, 0.25) is 0 Å². The summed E-state index contributed by atoms with van der Waals surface area (Å²) in [4.78, 5) is 15.0. The molecule has 0 fully saturated rings. The van der Waals surface area contributed by atoms with Crippen LogP contribution in [0.25, 0.3) is 0 Å². The summed E-state index contributed by atoms with van der Waals surface area (Å²) in [6, 6.07) is 23.2. The molecule has 0 bridgehead atoms. The van der Waals surface area contributed by atoms with Crippen molar-refractivity contribution in [1.29, 1.82) is 0 Å². The maximum atomic E-state index is 13.0.